The van der Waals surface area contributed by atoms with Gasteiger partial charge in [-0.3, -0.25) is 0 Å². The van der Waals surface area contributed by atoms with Crippen LogP contribution in [0.1, 0.15) is 39.5 Å². The van der Waals surface area contributed by atoms with Gasteiger partial charge in [0.2, 0.25) is 0 Å². The van der Waals surface area contributed by atoms with E-state index in [0.29, 0.717) is 25.5 Å². The number of piperidine rings is 1. The minimum absolute atomic E-state index is 0.173. The maximum atomic E-state index is 12.5. The number of hydrogen-bond donors (Lipinski definition) is 2. The Kier molecular flexibility index (Phi) is 9.13. The molecule has 1 fully saturated rings. The number of hydrogen-bond acceptors (Lipinski definition) is 7. The van der Waals surface area contributed by atoms with Crippen molar-refractivity contribution in [3.63, 3.8) is 0 Å². The van der Waals surface area contributed by atoms with Crippen molar-refractivity contribution in [2.45, 2.75) is 45.1 Å². The predicted octanol–water partition coefficient (Wildman–Crippen LogP) is 0.607. The third-order valence-corrected chi connectivity index (χ3v) is 3.97. The zero-order chi connectivity index (χ0) is 17.1. The van der Waals surface area contributed by atoms with Crippen LogP contribution in [-0.2, 0) is 23.8 Å². The highest BCUT2D eigenvalue weighted by atomic mass is 16.6. The number of carbonyl (C=O) groups is 2. The summed E-state index contributed by atoms with van der Waals surface area (Å²) in [5, 5.41) is 3.28. The molecule has 0 spiro atoms. The summed E-state index contributed by atoms with van der Waals surface area (Å²) < 4.78 is 16.1. The van der Waals surface area contributed by atoms with E-state index < -0.39 is 17.5 Å². The minimum Gasteiger partial charge on any atom is -0.463 e. The van der Waals surface area contributed by atoms with Crippen molar-refractivity contribution in [1.82, 2.24) is 5.32 Å². The van der Waals surface area contributed by atoms with Crippen molar-refractivity contribution >= 4 is 11.9 Å². The van der Waals surface area contributed by atoms with Crippen LogP contribution in [0.25, 0.3) is 0 Å². The Morgan fingerprint density at radius 2 is 1.70 bits per heavy atom. The number of nitrogens with two attached hydrogens (primary N) is 1. The molecule has 7 nitrogen and oxygen atoms in total. The van der Waals surface area contributed by atoms with Crippen molar-refractivity contribution < 1.29 is 23.8 Å². The summed E-state index contributed by atoms with van der Waals surface area (Å²) in [6.45, 7) is 6.29. The minimum atomic E-state index is -1.70. The molecule has 1 rings (SSSR count). The van der Waals surface area contributed by atoms with Gasteiger partial charge in [-0.2, -0.15) is 0 Å². The first kappa shape index (κ1) is 19.9. The van der Waals surface area contributed by atoms with Gasteiger partial charge in [-0.05, 0) is 65.1 Å². The first-order valence-electron chi connectivity index (χ1n) is 8.49. The van der Waals surface area contributed by atoms with Gasteiger partial charge in [0.15, 0.2) is 0 Å². The second kappa shape index (κ2) is 10.6. The van der Waals surface area contributed by atoms with Crippen molar-refractivity contribution in [3.05, 3.63) is 0 Å². The van der Waals surface area contributed by atoms with E-state index in [1.807, 2.05) is 0 Å². The van der Waals surface area contributed by atoms with Crippen LogP contribution in [0.2, 0.25) is 0 Å². The largest absolute Gasteiger partial charge is 0.463 e. The van der Waals surface area contributed by atoms with Gasteiger partial charge in [0, 0.05) is 0 Å². The first-order chi connectivity index (χ1) is 11.1. The van der Waals surface area contributed by atoms with E-state index in [0.717, 1.165) is 25.9 Å². The second-order valence-electron chi connectivity index (χ2n) is 5.66. The molecule has 0 saturated carbocycles. The molecule has 0 amide bonds. The Morgan fingerprint density at radius 3 is 2.17 bits per heavy atom. The van der Waals surface area contributed by atoms with Crippen molar-refractivity contribution in [2.24, 2.45) is 11.7 Å². The zero-order valence-electron chi connectivity index (χ0n) is 14.3. The standard InChI is InChI=1S/C16H30N2O5/c1-3-21-14(19)16(8-5-9-17,15(20)22-4-2)23-12-13-6-10-18-11-7-13/h13,18H,3-12,17H2,1-2H3. The normalized spacial score (nSPS) is 16.1. The maximum absolute atomic E-state index is 12.5. The van der Waals surface area contributed by atoms with E-state index in [4.69, 9.17) is 19.9 Å². The van der Waals surface area contributed by atoms with E-state index in [2.05, 4.69) is 5.32 Å². The van der Waals surface area contributed by atoms with Gasteiger partial charge in [0.05, 0.1) is 19.8 Å². The molecule has 7 heteroatoms. The fourth-order valence-electron chi connectivity index (χ4n) is 2.63. The van der Waals surface area contributed by atoms with Crippen molar-refractivity contribution in [1.29, 1.82) is 0 Å². The Hall–Kier alpha value is -1.18. The van der Waals surface area contributed by atoms with Gasteiger partial charge >= 0.3 is 11.9 Å². The molecular weight excluding hydrogens is 300 g/mol. The molecule has 0 aromatic rings. The maximum Gasteiger partial charge on any atom is 0.350 e. The average Bonchev–Trinajstić information content (AvgIpc) is 2.56. The summed E-state index contributed by atoms with van der Waals surface area (Å²) in [6.07, 6.45) is 2.56. The van der Waals surface area contributed by atoms with E-state index in [1.165, 1.54) is 0 Å². The highest BCUT2D eigenvalue weighted by Gasteiger charge is 2.50. The number of rotatable bonds is 10. The molecule has 23 heavy (non-hydrogen) atoms. The Balaban J connectivity index is 2.88. The van der Waals surface area contributed by atoms with Crippen molar-refractivity contribution in [2.75, 3.05) is 39.5 Å². The lowest BCUT2D eigenvalue weighted by Crippen LogP contribution is -2.52. The van der Waals surface area contributed by atoms with Crippen LogP contribution in [0, 0.1) is 5.92 Å². The molecule has 0 unspecified atom stereocenters. The molecule has 0 aromatic heterocycles. The van der Waals surface area contributed by atoms with Crippen LogP contribution in [0.5, 0.6) is 0 Å². The Labute approximate surface area is 138 Å². The highest BCUT2D eigenvalue weighted by molar-refractivity contribution is 6.03. The summed E-state index contributed by atoms with van der Waals surface area (Å²) in [4.78, 5) is 24.9. The summed E-state index contributed by atoms with van der Waals surface area (Å²) >= 11 is 0. The molecule has 0 aromatic carbocycles. The van der Waals surface area contributed by atoms with Gasteiger partial charge in [0.1, 0.15) is 0 Å². The van der Waals surface area contributed by atoms with Crippen LogP contribution in [0.4, 0.5) is 0 Å². The third kappa shape index (κ3) is 5.75. The molecule has 1 saturated heterocycles. The van der Waals surface area contributed by atoms with Crippen LogP contribution in [0.3, 0.4) is 0 Å². The van der Waals surface area contributed by atoms with Gasteiger partial charge in [-0.25, -0.2) is 9.59 Å². The lowest BCUT2D eigenvalue weighted by Gasteiger charge is -2.32. The van der Waals surface area contributed by atoms with Gasteiger partial charge in [0.25, 0.3) is 5.60 Å². The lowest BCUT2D eigenvalue weighted by molar-refractivity contribution is -0.194. The SMILES string of the molecule is CCOC(=O)C(CCCN)(OCC1CCNCC1)C(=O)OCC. The number of carbonyl (C=O) groups excluding carboxylic acids is 2. The number of ether oxygens (including phenoxy) is 3. The van der Waals surface area contributed by atoms with E-state index in [1.54, 1.807) is 13.8 Å². The van der Waals surface area contributed by atoms with Crippen molar-refractivity contribution in [3.8, 4) is 0 Å². The van der Waals surface area contributed by atoms with Gasteiger partial charge < -0.3 is 25.3 Å². The third-order valence-electron chi connectivity index (χ3n) is 3.97. The predicted molar refractivity (Wildman–Crippen MR) is 85.8 cm³/mol. The van der Waals surface area contributed by atoms with E-state index in [9.17, 15) is 9.59 Å². The molecule has 0 bridgehead atoms. The summed E-state index contributed by atoms with van der Waals surface area (Å²) in [5.41, 5.74) is 3.86. The monoisotopic (exact) mass is 330 g/mol. The second-order valence-corrected chi connectivity index (χ2v) is 5.66. The van der Waals surface area contributed by atoms with E-state index in [-0.39, 0.29) is 19.6 Å². The first-order valence-corrected chi connectivity index (χ1v) is 8.49. The van der Waals surface area contributed by atoms with Crippen LogP contribution in [0.15, 0.2) is 0 Å². The molecule has 0 aliphatic carbocycles. The van der Waals surface area contributed by atoms with E-state index >= 15 is 0 Å². The van der Waals surface area contributed by atoms with Gasteiger partial charge in [-0.15, -0.1) is 0 Å². The molecule has 0 atom stereocenters. The molecule has 134 valence electrons. The number of esters is 2. The summed E-state index contributed by atoms with van der Waals surface area (Å²) in [7, 11) is 0. The molecule has 1 aliphatic heterocycles. The molecule has 1 aliphatic rings. The fourth-order valence-corrected chi connectivity index (χ4v) is 2.63. The highest BCUT2D eigenvalue weighted by Crippen LogP contribution is 2.25. The zero-order valence-corrected chi connectivity index (χ0v) is 14.3. The molecular formula is C16H30N2O5. The molecule has 3 N–H and O–H groups in total. The Bertz CT molecular complexity index is 351. The smallest absolute Gasteiger partial charge is 0.350 e. The summed E-state index contributed by atoms with van der Waals surface area (Å²) in [6, 6.07) is 0. The van der Waals surface area contributed by atoms with Gasteiger partial charge in [-0.1, -0.05) is 0 Å². The molecule has 1 heterocycles. The fraction of sp³-hybridized carbons (Fsp3) is 0.875. The quantitative estimate of drug-likeness (QED) is 0.447. The number of nitrogens with one attached hydrogen (secondary N) is 1. The Morgan fingerprint density at radius 1 is 1.13 bits per heavy atom. The topological polar surface area (TPSA) is 99.9 Å². The average molecular weight is 330 g/mol. The summed E-state index contributed by atoms with van der Waals surface area (Å²) in [5.74, 6) is -1.04. The van der Waals surface area contributed by atoms with Crippen LogP contribution in [-0.4, -0.2) is 57.0 Å². The van der Waals surface area contributed by atoms with Crippen LogP contribution < -0.4 is 11.1 Å². The lowest BCUT2D eigenvalue weighted by atomic mass is 9.95. The molecule has 0 radical (unpaired) electrons. The van der Waals surface area contributed by atoms with Crippen LogP contribution >= 0.6 is 0 Å².